The van der Waals surface area contributed by atoms with Gasteiger partial charge in [0, 0.05) is 69.0 Å². The Kier molecular flexibility index (Phi) is 8.21. The number of aliphatic hydroxyl groups is 1. The summed E-state index contributed by atoms with van der Waals surface area (Å²) in [4.78, 5) is 21.8. The Balaban J connectivity index is 0.000000175. The maximum Gasteiger partial charge on any atom is 0.271 e. The average Bonchev–Trinajstić information content (AvgIpc) is 3.60. The molecule has 204 valence electrons. The topological polar surface area (TPSA) is 109 Å². The van der Waals surface area contributed by atoms with E-state index in [1.165, 1.54) is 11.3 Å². The third kappa shape index (κ3) is 6.11. The molecule has 0 fully saturated rings. The summed E-state index contributed by atoms with van der Waals surface area (Å²) in [6.07, 6.45) is 1.97. The molecule has 0 bridgehead atoms. The molecule has 4 N–H and O–H groups in total. The number of nitrogens with one attached hydrogen (secondary N) is 3. The average molecular weight is 528 g/mol. The minimum Gasteiger partial charge on any atom is -0.396 e. The van der Waals surface area contributed by atoms with Crippen molar-refractivity contribution in [2.45, 2.75) is 40.0 Å². The zero-order valence-corrected chi connectivity index (χ0v) is 22.7. The molecule has 2 aromatic carbocycles. The maximum absolute atomic E-state index is 12.6. The van der Waals surface area contributed by atoms with Crippen LogP contribution in [0, 0.1) is 5.41 Å². The van der Waals surface area contributed by atoms with Gasteiger partial charge < -0.3 is 30.2 Å². The van der Waals surface area contributed by atoms with Crippen molar-refractivity contribution >= 4 is 5.91 Å². The van der Waals surface area contributed by atoms with Gasteiger partial charge in [0.25, 0.3) is 5.91 Å². The van der Waals surface area contributed by atoms with Crippen LogP contribution in [0.5, 0.6) is 0 Å². The highest BCUT2D eigenvalue weighted by Gasteiger charge is 2.26. The lowest BCUT2D eigenvalue weighted by Gasteiger charge is -2.22. The highest BCUT2D eigenvalue weighted by atomic mass is 16.3. The number of carbonyl (C=O) groups excluding carboxylic acids is 1. The number of fused-ring (bicyclic) bond motifs is 2. The Hall–Kier alpha value is -3.79. The fourth-order valence-corrected chi connectivity index (χ4v) is 4.78. The summed E-state index contributed by atoms with van der Waals surface area (Å²) in [5, 5.41) is 18.9. The zero-order valence-electron chi connectivity index (χ0n) is 22.7. The lowest BCUT2D eigenvalue weighted by atomic mass is 9.95. The third-order valence-corrected chi connectivity index (χ3v) is 7.07. The highest BCUT2D eigenvalue weighted by Crippen LogP contribution is 2.25. The molecule has 4 heterocycles. The minimum atomic E-state index is -0.351. The molecule has 0 unspecified atom stereocenters. The molecule has 0 saturated carbocycles. The van der Waals surface area contributed by atoms with Gasteiger partial charge in [0.2, 0.25) is 0 Å². The van der Waals surface area contributed by atoms with Gasteiger partial charge >= 0.3 is 0 Å². The van der Waals surface area contributed by atoms with Crippen LogP contribution in [0.3, 0.4) is 0 Å². The molecule has 9 nitrogen and oxygen atoms in total. The number of imidazole rings is 2. The smallest absolute Gasteiger partial charge is 0.271 e. The largest absolute Gasteiger partial charge is 0.396 e. The van der Waals surface area contributed by atoms with Gasteiger partial charge in [0.1, 0.15) is 11.6 Å². The van der Waals surface area contributed by atoms with Crippen LogP contribution in [0.4, 0.5) is 0 Å². The predicted octanol–water partition coefficient (Wildman–Crippen LogP) is 3.05. The molecule has 2 aliphatic heterocycles. The molecule has 9 heteroatoms. The van der Waals surface area contributed by atoms with Gasteiger partial charge in [-0.05, 0) is 0 Å². The Morgan fingerprint density at radius 3 is 2.21 bits per heavy atom. The summed E-state index contributed by atoms with van der Waals surface area (Å²) in [6, 6.07) is 20.3. The van der Waals surface area contributed by atoms with Crippen LogP contribution < -0.4 is 16.0 Å². The van der Waals surface area contributed by atoms with E-state index >= 15 is 0 Å². The number of aliphatic hydroxyl groups excluding tert-OH is 1. The number of aromatic nitrogens is 4. The number of amides is 1. The summed E-state index contributed by atoms with van der Waals surface area (Å²) in [6.45, 7) is 9.51. The molecule has 0 radical (unpaired) electrons. The van der Waals surface area contributed by atoms with E-state index in [9.17, 15) is 9.90 Å². The van der Waals surface area contributed by atoms with Crippen molar-refractivity contribution < 1.29 is 9.90 Å². The van der Waals surface area contributed by atoms with Gasteiger partial charge in [-0.3, -0.25) is 4.79 Å². The first-order chi connectivity index (χ1) is 19.0. The van der Waals surface area contributed by atoms with Crippen molar-refractivity contribution in [3.63, 3.8) is 0 Å². The number of benzene rings is 2. The van der Waals surface area contributed by atoms with E-state index < -0.39 is 0 Å². The highest BCUT2D eigenvalue weighted by molar-refractivity contribution is 5.94. The number of nitrogens with zero attached hydrogens (tertiary/aromatic N) is 4. The lowest BCUT2D eigenvalue weighted by molar-refractivity contribution is 0.0905. The summed E-state index contributed by atoms with van der Waals surface area (Å²) in [5.74, 6) is 1.73. The van der Waals surface area contributed by atoms with Gasteiger partial charge in [-0.1, -0.05) is 74.5 Å². The molecule has 39 heavy (non-hydrogen) atoms. The van der Waals surface area contributed by atoms with Crippen molar-refractivity contribution in [2.75, 3.05) is 26.2 Å². The quantitative estimate of drug-likeness (QED) is 0.307. The molecular formula is C30H37N7O2. The molecule has 0 aliphatic carbocycles. The first-order valence-corrected chi connectivity index (χ1v) is 13.5. The predicted molar refractivity (Wildman–Crippen MR) is 152 cm³/mol. The molecule has 4 aromatic rings. The summed E-state index contributed by atoms with van der Waals surface area (Å²) >= 11 is 0. The molecule has 0 spiro atoms. The molecule has 6 rings (SSSR count). The number of carbonyl (C=O) groups is 1. The Morgan fingerprint density at radius 2 is 1.54 bits per heavy atom. The van der Waals surface area contributed by atoms with Crippen molar-refractivity contribution in [3.05, 3.63) is 83.9 Å². The first kappa shape index (κ1) is 26.8. The van der Waals surface area contributed by atoms with E-state index in [-0.39, 0.29) is 17.9 Å². The van der Waals surface area contributed by atoms with Gasteiger partial charge in [0.05, 0.1) is 17.6 Å². The van der Waals surface area contributed by atoms with E-state index in [2.05, 4.69) is 59.3 Å². The van der Waals surface area contributed by atoms with Gasteiger partial charge in [0.15, 0.2) is 5.69 Å². The summed E-state index contributed by atoms with van der Waals surface area (Å²) in [7, 11) is 0. The number of rotatable bonds is 6. The number of hydrogen-bond acceptors (Lipinski definition) is 6. The second-order valence-electron chi connectivity index (χ2n) is 10.7. The molecule has 1 amide bonds. The lowest BCUT2D eigenvalue weighted by Crippen LogP contribution is -2.37. The van der Waals surface area contributed by atoms with Crippen LogP contribution >= 0.6 is 0 Å². The Morgan fingerprint density at radius 1 is 0.923 bits per heavy atom. The van der Waals surface area contributed by atoms with Crippen molar-refractivity contribution in [3.8, 4) is 22.8 Å². The van der Waals surface area contributed by atoms with Crippen LogP contribution in [0.15, 0.2) is 66.9 Å². The molecule has 2 aliphatic rings. The molecule has 0 saturated heterocycles. The van der Waals surface area contributed by atoms with Gasteiger partial charge in [-0.2, -0.15) is 0 Å². The van der Waals surface area contributed by atoms with Gasteiger partial charge in [-0.25, -0.2) is 9.97 Å². The fraction of sp³-hybridized carbons (Fsp3) is 0.367. The third-order valence-electron chi connectivity index (χ3n) is 7.07. The van der Waals surface area contributed by atoms with Crippen LogP contribution in [0.2, 0.25) is 0 Å². The van der Waals surface area contributed by atoms with Crippen LogP contribution in [0.1, 0.15) is 35.7 Å². The fourth-order valence-electron chi connectivity index (χ4n) is 4.78. The number of hydrogen-bond donors (Lipinski definition) is 4. The van der Waals surface area contributed by atoms with E-state index in [1.807, 2.05) is 56.4 Å². The van der Waals surface area contributed by atoms with Gasteiger partial charge in [-0.15, -0.1) is 0 Å². The molecular weight excluding hydrogens is 490 g/mol. The van der Waals surface area contributed by atoms with E-state index in [4.69, 9.17) is 0 Å². The van der Waals surface area contributed by atoms with E-state index in [0.29, 0.717) is 18.8 Å². The van der Waals surface area contributed by atoms with Crippen molar-refractivity contribution in [2.24, 2.45) is 5.41 Å². The SMILES string of the molecule is CC(C)(CO)CNC(=O)c1nc(-c2ccccc2)n2c1CNCC2.c1ccc(-c2ncc3n2CCNC3)cc1. The standard InChI is InChI=1S/C18H24N4O2.C12H13N3/c1-18(2,12-23)11-20-17(24)15-14-10-19-8-9-22(14)16(21-15)13-6-4-3-5-7-13;1-2-4-10(5-3-1)12-14-9-11-8-13-6-7-15(11)12/h3-7,19,23H,8-12H2,1-2H3,(H,20,24);1-5,9,13H,6-8H2. The van der Waals surface area contributed by atoms with E-state index in [0.717, 1.165) is 55.6 Å². The van der Waals surface area contributed by atoms with Crippen molar-refractivity contribution in [1.29, 1.82) is 0 Å². The second kappa shape index (κ2) is 11.9. The Labute approximate surface area is 229 Å². The summed E-state index contributed by atoms with van der Waals surface area (Å²) < 4.78 is 4.42. The summed E-state index contributed by atoms with van der Waals surface area (Å²) in [5.41, 5.74) is 4.52. The van der Waals surface area contributed by atoms with Crippen LogP contribution in [-0.2, 0) is 26.2 Å². The minimum absolute atomic E-state index is 0.0192. The van der Waals surface area contributed by atoms with Crippen molar-refractivity contribution in [1.82, 2.24) is 35.1 Å². The van der Waals surface area contributed by atoms with Crippen LogP contribution in [-0.4, -0.2) is 56.4 Å². The second-order valence-corrected chi connectivity index (χ2v) is 10.7. The first-order valence-electron chi connectivity index (χ1n) is 13.5. The Bertz CT molecular complexity index is 1390. The maximum atomic E-state index is 12.6. The monoisotopic (exact) mass is 527 g/mol. The normalized spacial score (nSPS) is 14.5. The zero-order chi connectivity index (χ0) is 27.2. The van der Waals surface area contributed by atoms with E-state index in [1.54, 1.807) is 0 Å². The van der Waals surface area contributed by atoms with Crippen LogP contribution in [0.25, 0.3) is 22.8 Å². The molecule has 2 aromatic heterocycles. The molecule has 0 atom stereocenters.